The number of nitriles is 1. The SMILES string of the molecule is N#Cc1c(-c2ccccc2)nc(NN=Cc2ccc(CBr)c(C(F)(F)F)c2)[nH]c1=O. The lowest BCUT2D eigenvalue weighted by Gasteiger charge is -2.11. The molecule has 0 saturated heterocycles. The second-order valence-corrected chi connectivity index (χ2v) is 6.59. The van der Waals surface area contributed by atoms with E-state index < -0.39 is 17.3 Å². The van der Waals surface area contributed by atoms with Gasteiger partial charge < -0.3 is 0 Å². The number of hydrazone groups is 1. The van der Waals surface area contributed by atoms with Crippen molar-refractivity contribution in [3.8, 4) is 17.3 Å². The van der Waals surface area contributed by atoms with Crippen molar-refractivity contribution in [1.82, 2.24) is 9.97 Å². The minimum atomic E-state index is -4.50. The second kappa shape index (κ2) is 8.92. The Labute approximate surface area is 177 Å². The Balaban J connectivity index is 1.90. The first-order chi connectivity index (χ1) is 14.3. The summed E-state index contributed by atoms with van der Waals surface area (Å²) in [5.74, 6) is -0.0535. The minimum Gasteiger partial charge on any atom is -0.290 e. The summed E-state index contributed by atoms with van der Waals surface area (Å²) in [6.45, 7) is 0. The molecule has 0 aliphatic carbocycles. The summed E-state index contributed by atoms with van der Waals surface area (Å²) in [6, 6.07) is 14.3. The Morgan fingerprint density at radius 2 is 1.97 bits per heavy atom. The number of nitrogens with zero attached hydrogens (tertiary/aromatic N) is 3. The van der Waals surface area contributed by atoms with Crippen LogP contribution in [0.15, 0.2) is 58.4 Å². The van der Waals surface area contributed by atoms with Gasteiger partial charge in [0.05, 0.1) is 17.5 Å². The molecule has 0 saturated carbocycles. The molecule has 1 heterocycles. The smallest absolute Gasteiger partial charge is 0.290 e. The van der Waals surface area contributed by atoms with Gasteiger partial charge in [-0.3, -0.25) is 9.78 Å². The molecule has 6 nitrogen and oxygen atoms in total. The fraction of sp³-hybridized carbons (Fsp3) is 0.100. The van der Waals surface area contributed by atoms with Gasteiger partial charge in [0.15, 0.2) is 0 Å². The fourth-order valence-corrected chi connectivity index (χ4v) is 3.15. The third kappa shape index (κ3) is 4.75. The maximum atomic E-state index is 13.2. The van der Waals surface area contributed by atoms with Crippen molar-refractivity contribution in [2.75, 3.05) is 5.43 Å². The molecular weight excluding hydrogens is 463 g/mol. The minimum absolute atomic E-state index is 0.0535. The highest BCUT2D eigenvalue weighted by Crippen LogP contribution is 2.33. The predicted molar refractivity (Wildman–Crippen MR) is 110 cm³/mol. The molecular formula is C20H13BrF3N5O. The number of alkyl halides is 4. The zero-order valence-electron chi connectivity index (χ0n) is 15.2. The van der Waals surface area contributed by atoms with Crippen molar-refractivity contribution >= 4 is 28.1 Å². The molecule has 0 fully saturated rings. The molecule has 0 atom stereocenters. The van der Waals surface area contributed by atoms with Crippen LogP contribution in [0, 0.1) is 11.3 Å². The number of H-pyrrole nitrogens is 1. The number of nitrogens with one attached hydrogen (secondary N) is 2. The summed E-state index contributed by atoms with van der Waals surface area (Å²) >= 11 is 3.04. The molecule has 2 N–H and O–H groups in total. The zero-order valence-corrected chi connectivity index (χ0v) is 16.8. The van der Waals surface area contributed by atoms with Crippen molar-refractivity contribution in [3.63, 3.8) is 0 Å². The van der Waals surface area contributed by atoms with E-state index in [0.29, 0.717) is 5.56 Å². The van der Waals surface area contributed by atoms with Crippen molar-refractivity contribution < 1.29 is 13.2 Å². The van der Waals surface area contributed by atoms with Crippen molar-refractivity contribution in [2.45, 2.75) is 11.5 Å². The van der Waals surface area contributed by atoms with Gasteiger partial charge >= 0.3 is 6.18 Å². The average Bonchev–Trinajstić information content (AvgIpc) is 2.73. The molecule has 0 bridgehead atoms. The average molecular weight is 476 g/mol. The summed E-state index contributed by atoms with van der Waals surface area (Å²) < 4.78 is 39.5. The lowest BCUT2D eigenvalue weighted by atomic mass is 10.1. The van der Waals surface area contributed by atoms with Gasteiger partial charge in [-0.1, -0.05) is 58.4 Å². The molecule has 0 spiro atoms. The van der Waals surface area contributed by atoms with E-state index in [1.807, 2.05) is 6.07 Å². The Morgan fingerprint density at radius 1 is 1.23 bits per heavy atom. The van der Waals surface area contributed by atoms with Crippen LogP contribution in [0.25, 0.3) is 11.3 Å². The largest absolute Gasteiger partial charge is 0.416 e. The highest BCUT2D eigenvalue weighted by Gasteiger charge is 2.33. The molecule has 3 rings (SSSR count). The maximum absolute atomic E-state index is 13.2. The van der Waals surface area contributed by atoms with Gasteiger partial charge in [-0.25, -0.2) is 10.4 Å². The van der Waals surface area contributed by atoms with E-state index in [1.165, 1.54) is 18.3 Å². The molecule has 30 heavy (non-hydrogen) atoms. The molecule has 0 aliphatic rings. The quantitative estimate of drug-likeness (QED) is 0.318. The number of hydrogen-bond acceptors (Lipinski definition) is 5. The van der Waals surface area contributed by atoms with Crippen molar-refractivity contribution in [2.24, 2.45) is 5.10 Å². The monoisotopic (exact) mass is 475 g/mol. The second-order valence-electron chi connectivity index (χ2n) is 6.03. The molecule has 3 aromatic rings. The van der Waals surface area contributed by atoms with E-state index >= 15 is 0 Å². The van der Waals surface area contributed by atoms with Gasteiger partial charge in [0.2, 0.25) is 5.95 Å². The highest BCUT2D eigenvalue weighted by atomic mass is 79.9. The van der Waals surface area contributed by atoms with Gasteiger partial charge in [0.1, 0.15) is 11.6 Å². The summed E-state index contributed by atoms with van der Waals surface area (Å²) in [5, 5.41) is 13.2. The Bertz CT molecular complexity index is 1180. The normalized spacial score (nSPS) is 11.4. The van der Waals surface area contributed by atoms with Crippen molar-refractivity contribution in [1.29, 1.82) is 5.26 Å². The highest BCUT2D eigenvalue weighted by molar-refractivity contribution is 9.08. The molecule has 10 heteroatoms. The van der Waals surface area contributed by atoms with Gasteiger partial charge in [-0.15, -0.1) is 0 Å². The number of benzene rings is 2. The number of anilines is 1. The van der Waals surface area contributed by atoms with E-state index in [0.717, 1.165) is 6.07 Å². The van der Waals surface area contributed by atoms with Crippen LogP contribution in [-0.2, 0) is 11.5 Å². The van der Waals surface area contributed by atoms with Crippen LogP contribution >= 0.6 is 15.9 Å². The van der Waals surface area contributed by atoms with Crippen LogP contribution < -0.4 is 11.0 Å². The first kappa shape index (κ1) is 21.3. The van der Waals surface area contributed by atoms with E-state index in [4.69, 9.17) is 0 Å². The summed E-state index contributed by atoms with van der Waals surface area (Å²) in [4.78, 5) is 18.8. The lowest BCUT2D eigenvalue weighted by molar-refractivity contribution is -0.138. The number of halogens is 4. The van der Waals surface area contributed by atoms with Gasteiger partial charge in [-0.05, 0) is 17.2 Å². The predicted octanol–water partition coefficient (Wildman–Crippen LogP) is 4.67. The molecule has 2 aromatic carbocycles. The maximum Gasteiger partial charge on any atom is 0.416 e. The fourth-order valence-electron chi connectivity index (χ4n) is 2.66. The van der Waals surface area contributed by atoms with E-state index in [-0.39, 0.29) is 33.7 Å². The Hall–Kier alpha value is -3.45. The topological polar surface area (TPSA) is 93.9 Å². The molecule has 0 amide bonds. The summed E-state index contributed by atoms with van der Waals surface area (Å²) in [6.07, 6.45) is -3.32. The standard InChI is InChI=1S/C20H13BrF3N5O/c21-9-14-7-6-12(8-16(14)20(22,23)24)11-26-29-19-27-17(13-4-2-1-3-5-13)15(10-25)18(30)28-19/h1-8,11H,9H2,(H2,27,28,29,30). The van der Waals surface area contributed by atoms with Crippen LogP contribution in [0.4, 0.5) is 19.1 Å². The van der Waals surface area contributed by atoms with Crippen molar-refractivity contribution in [3.05, 3.63) is 81.1 Å². The number of aromatic nitrogens is 2. The summed E-state index contributed by atoms with van der Waals surface area (Å²) in [5.41, 5.74) is 1.95. The number of hydrogen-bond donors (Lipinski definition) is 2. The Kier molecular flexibility index (Phi) is 6.32. The first-order valence-electron chi connectivity index (χ1n) is 8.48. The van der Waals surface area contributed by atoms with Crippen LogP contribution in [0.3, 0.4) is 0 Å². The van der Waals surface area contributed by atoms with Gasteiger partial charge in [-0.2, -0.15) is 23.5 Å². The molecule has 0 aliphatic heterocycles. The first-order valence-corrected chi connectivity index (χ1v) is 9.60. The third-order valence-corrected chi connectivity index (χ3v) is 4.65. The van der Waals surface area contributed by atoms with Gasteiger partial charge in [0, 0.05) is 10.9 Å². The zero-order chi connectivity index (χ0) is 21.7. The van der Waals surface area contributed by atoms with E-state index in [9.17, 15) is 23.2 Å². The number of rotatable bonds is 5. The van der Waals surface area contributed by atoms with Gasteiger partial charge in [0.25, 0.3) is 5.56 Å². The number of aromatic amines is 1. The van der Waals surface area contributed by atoms with E-state index in [1.54, 1.807) is 30.3 Å². The lowest BCUT2D eigenvalue weighted by Crippen LogP contribution is -2.16. The summed E-state index contributed by atoms with van der Waals surface area (Å²) in [7, 11) is 0. The third-order valence-electron chi connectivity index (χ3n) is 4.05. The molecule has 152 valence electrons. The van der Waals surface area contributed by atoms with Crippen LogP contribution in [0.2, 0.25) is 0 Å². The Morgan fingerprint density at radius 3 is 2.60 bits per heavy atom. The van der Waals surface area contributed by atoms with E-state index in [2.05, 4.69) is 36.4 Å². The van der Waals surface area contributed by atoms with Crippen LogP contribution in [0.5, 0.6) is 0 Å². The van der Waals surface area contributed by atoms with Crippen LogP contribution in [0.1, 0.15) is 22.3 Å². The van der Waals surface area contributed by atoms with Crippen LogP contribution in [-0.4, -0.2) is 16.2 Å². The molecule has 0 unspecified atom stereocenters. The molecule has 0 radical (unpaired) electrons. The molecule has 1 aromatic heterocycles.